The molecule has 0 saturated heterocycles. The number of nitrogens with one attached hydrogen (secondary N) is 1. The predicted octanol–water partition coefficient (Wildman–Crippen LogP) is 5.74. The van der Waals surface area contributed by atoms with Crippen LogP contribution in [0.25, 0.3) is 10.2 Å². The van der Waals surface area contributed by atoms with E-state index in [1.807, 2.05) is 61.5 Å². The van der Waals surface area contributed by atoms with Crippen LogP contribution in [0.3, 0.4) is 0 Å². The lowest BCUT2D eigenvalue weighted by Crippen LogP contribution is -2.12. The molecule has 4 rings (SSSR count). The molecule has 0 spiro atoms. The topological polar surface area (TPSA) is 55.1 Å². The molecular weight excluding hydrogens is 364 g/mol. The summed E-state index contributed by atoms with van der Waals surface area (Å²) in [7, 11) is 0. The van der Waals surface area contributed by atoms with Gasteiger partial charge in [-0.1, -0.05) is 41.7 Å². The number of fused-ring (bicyclic) bond motifs is 1. The first-order valence-electron chi connectivity index (χ1n) is 8.12. The van der Waals surface area contributed by atoms with Crippen molar-refractivity contribution in [3.8, 4) is 0 Å². The number of hydrogen-bond acceptors (Lipinski definition) is 5. The van der Waals surface area contributed by atoms with E-state index in [1.54, 1.807) is 18.0 Å². The fourth-order valence-corrected chi connectivity index (χ4v) is 4.46. The second kappa shape index (κ2) is 7.35. The number of thioether (sulfide) groups is 1. The molecule has 0 saturated carbocycles. The van der Waals surface area contributed by atoms with Crippen molar-refractivity contribution in [1.29, 1.82) is 0 Å². The van der Waals surface area contributed by atoms with E-state index in [9.17, 15) is 4.79 Å². The minimum atomic E-state index is -0.268. The summed E-state index contributed by atoms with van der Waals surface area (Å²) in [4.78, 5) is 18.3. The normalized spacial score (nSPS) is 11.0. The third-order valence-corrected chi connectivity index (χ3v) is 5.93. The SMILES string of the molecule is Cc1cccc2sc(NC(=O)c3occc3CSc3ccccc3)nc12. The standard InChI is InChI=1S/C20H16N2O2S2/c1-13-6-5-9-16-17(13)21-20(26-16)22-19(23)18-14(10-11-24-18)12-25-15-7-3-2-4-8-15/h2-11H,12H2,1H3,(H,21,22,23). The maximum Gasteiger partial charge on any atom is 0.293 e. The Hall–Kier alpha value is -2.57. The average molecular weight is 380 g/mol. The summed E-state index contributed by atoms with van der Waals surface area (Å²) in [6.45, 7) is 2.01. The van der Waals surface area contributed by atoms with Crippen molar-refractivity contribution in [2.24, 2.45) is 0 Å². The van der Waals surface area contributed by atoms with Gasteiger partial charge >= 0.3 is 0 Å². The van der Waals surface area contributed by atoms with Crippen LogP contribution in [0.2, 0.25) is 0 Å². The van der Waals surface area contributed by atoms with Crippen LogP contribution in [0.1, 0.15) is 21.7 Å². The molecule has 0 bridgehead atoms. The van der Waals surface area contributed by atoms with E-state index >= 15 is 0 Å². The summed E-state index contributed by atoms with van der Waals surface area (Å²) in [6, 6.07) is 17.9. The van der Waals surface area contributed by atoms with Crippen LogP contribution in [0.4, 0.5) is 5.13 Å². The molecule has 4 aromatic rings. The molecule has 0 unspecified atom stereocenters. The van der Waals surface area contributed by atoms with Crippen molar-refractivity contribution >= 4 is 44.4 Å². The molecule has 0 atom stereocenters. The van der Waals surface area contributed by atoms with Crippen LogP contribution in [0.5, 0.6) is 0 Å². The van der Waals surface area contributed by atoms with Gasteiger partial charge in [0.05, 0.1) is 16.5 Å². The summed E-state index contributed by atoms with van der Waals surface area (Å²) in [5.41, 5.74) is 2.89. The highest BCUT2D eigenvalue weighted by Crippen LogP contribution is 2.29. The van der Waals surface area contributed by atoms with E-state index in [0.717, 1.165) is 26.2 Å². The first kappa shape index (κ1) is 16.9. The molecular formula is C20H16N2O2S2. The lowest BCUT2D eigenvalue weighted by Gasteiger charge is -2.03. The van der Waals surface area contributed by atoms with Crippen LogP contribution in [0, 0.1) is 6.92 Å². The number of aryl methyl sites for hydroxylation is 1. The molecule has 0 aliphatic carbocycles. The first-order valence-corrected chi connectivity index (χ1v) is 9.92. The van der Waals surface area contributed by atoms with Gasteiger partial charge in [-0.05, 0) is 36.8 Å². The number of carbonyl (C=O) groups excluding carboxylic acids is 1. The van der Waals surface area contributed by atoms with Crippen LogP contribution >= 0.6 is 23.1 Å². The van der Waals surface area contributed by atoms with Crippen LogP contribution in [-0.4, -0.2) is 10.9 Å². The minimum Gasteiger partial charge on any atom is -0.459 e. The summed E-state index contributed by atoms with van der Waals surface area (Å²) in [5.74, 6) is 0.738. The summed E-state index contributed by atoms with van der Waals surface area (Å²) >= 11 is 3.13. The third kappa shape index (κ3) is 3.52. The molecule has 26 heavy (non-hydrogen) atoms. The van der Waals surface area contributed by atoms with Crippen molar-refractivity contribution in [1.82, 2.24) is 4.98 Å². The average Bonchev–Trinajstić information content (AvgIpc) is 3.28. The number of para-hydroxylation sites is 1. The molecule has 2 aromatic heterocycles. The van der Waals surface area contributed by atoms with Gasteiger partial charge in [-0.25, -0.2) is 4.98 Å². The van der Waals surface area contributed by atoms with Crippen LogP contribution < -0.4 is 5.32 Å². The molecule has 0 aliphatic heterocycles. The Bertz CT molecular complexity index is 1050. The van der Waals surface area contributed by atoms with E-state index < -0.39 is 0 Å². The van der Waals surface area contributed by atoms with Crippen molar-refractivity contribution in [2.45, 2.75) is 17.6 Å². The van der Waals surface area contributed by atoms with Gasteiger partial charge in [0.25, 0.3) is 5.91 Å². The number of anilines is 1. The summed E-state index contributed by atoms with van der Waals surface area (Å²) in [5, 5.41) is 3.45. The highest BCUT2D eigenvalue weighted by molar-refractivity contribution is 7.98. The molecule has 0 aliphatic rings. The lowest BCUT2D eigenvalue weighted by molar-refractivity contribution is 0.0996. The molecule has 6 heteroatoms. The second-order valence-electron chi connectivity index (χ2n) is 5.77. The van der Waals surface area contributed by atoms with Gasteiger partial charge < -0.3 is 4.42 Å². The smallest absolute Gasteiger partial charge is 0.293 e. The Labute approximate surface area is 159 Å². The zero-order valence-electron chi connectivity index (χ0n) is 14.1. The number of hydrogen-bond donors (Lipinski definition) is 1. The fraction of sp³-hybridized carbons (Fsp3) is 0.100. The second-order valence-corrected chi connectivity index (χ2v) is 7.85. The molecule has 1 amide bonds. The zero-order valence-corrected chi connectivity index (χ0v) is 15.7. The van der Waals surface area contributed by atoms with E-state index in [0.29, 0.717) is 16.6 Å². The first-order chi connectivity index (χ1) is 12.7. The van der Waals surface area contributed by atoms with Gasteiger partial charge in [-0.15, -0.1) is 11.8 Å². The highest BCUT2D eigenvalue weighted by atomic mass is 32.2. The third-order valence-electron chi connectivity index (χ3n) is 3.93. The predicted molar refractivity (Wildman–Crippen MR) is 107 cm³/mol. The van der Waals surface area contributed by atoms with Gasteiger partial charge in [-0.2, -0.15) is 0 Å². The molecule has 2 aromatic carbocycles. The Balaban J connectivity index is 1.49. The lowest BCUT2D eigenvalue weighted by atomic mass is 10.2. The zero-order chi connectivity index (χ0) is 17.9. The fourth-order valence-electron chi connectivity index (χ4n) is 2.62. The minimum absolute atomic E-state index is 0.268. The van der Waals surface area contributed by atoms with E-state index in [4.69, 9.17) is 4.42 Å². The van der Waals surface area contributed by atoms with Crippen molar-refractivity contribution in [3.63, 3.8) is 0 Å². The number of thiazole rings is 1. The molecule has 2 heterocycles. The van der Waals surface area contributed by atoms with Crippen LogP contribution in [0.15, 0.2) is 70.2 Å². The summed E-state index contributed by atoms with van der Waals surface area (Å²) in [6.07, 6.45) is 1.55. The number of furan rings is 1. The molecule has 0 radical (unpaired) electrons. The molecule has 4 nitrogen and oxygen atoms in total. The van der Waals surface area contributed by atoms with Crippen molar-refractivity contribution < 1.29 is 9.21 Å². The van der Waals surface area contributed by atoms with Gasteiger partial charge in [0.2, 0.25) is 0 Å². The Morgan fingerprint density at radius 1 is 1.15 bits per heavy atom. The van der Waals surface area contributed by atoms with Crippen molar-refractivity contribution in [3.05, 3.63) is 77.7 Å². The van der Waals surface area contributed by atoms with Gasteiger partial charge in [0, 0.05) is 16.2 Å². The molecule has 0 fully saturated rings. The van der Waals surface area contributed by atoms with E-state index in [-0.39, 0.29) is 5.91 Å². The maximum atomic E-state index is 12.6. The largest absolute Gasteiger partial charge is 0.459 e. The quantitative estimate of drug-likeness (QED) is 0.448. The number of nitrogens with zero attached hydrogens (tertiary/aromatic N) is 1. The number of amides is 1. The van der Waals surface area contributed by atoms with Crippen molar-refractivity contribution in [2.75, 3.05) is 5.32 Å². The Kier molecular flexibility index (Phi) is 4.77. The van der Waals surface area contributed by atoms with Gasteiger partial charge in [0.1, 0.15) is 0 Å². The number of benzene rings is 2. The van der Waals surface area contributed by atoms with Gasteiger partial charge in [-0.3, -0.25) is 10.1 Å². The monoisotopic (exact) mass is 380 g/mol. The van der Waals surface area contributed by atoms with E-state index in [2.05, 4.69) is 10.3 Å². The van der Waals surface area contributed by atoms with Crippen LogP contribution in [-0.2, 0) is 5.75 Å². The summed E-state index contributed by atoms with van der Waals surface area (Å²) < 4.78 is 6.49. The molecule has 130 valence electrons. The number of rotatable bonds is 5. The Morgan fingerprint density at radius 2 is 2.00 bits per heavy atom. The van der Waals surface area contributed by atoms with E-state index in [1.165, 1.54) is 11.3 Å². The number of carbonyl (C=O) groups is 1. The highest BCUT2D eigenvalue weighted by Gasteiger charge is 2.17. The number of aromatic nitrogens is 1. The Morgan fingerprint density at radius 3 is 2.81 bits per heavy atom. The molecule has 1 N–H and O–H groups in total. The van der Waals surface area contributed by atoms with Gasteiger partial charge in [0.15, 0.2) is 10.9 Å². The maximum absolute atomic E-state index is 12.6.